The number of allylic oxidation sites excluding steroid dienone is 2. The average molecular weight is 841 g/mol. The van der Waals surface area contributed by atoms with Gasteiger partial charge in [0.05, 0.1) is 0 Å². The zero-order valence-electron chi connectivity index (χ0n) is 32.9. The first kappa shape index (κ1) is 40.7. The van der Waals surface area contributed by atoms with Gasteiger partial charge in [0.25, 0.3) is 0 Å². The van der Waals surface area contributed by atoms with Gasteiger partial charge < -0.3 is 0 Å². The summed E-state index contributed by atoms with van der Waals surface area (Å²) in [6.07, 6.45) is 20.2. The van der Waals surface area contributed by atoms with Crippen LogP contribution in [0.1, 0.15) is 144 Å². The molecule has 3 atom stereocenters. The van der Waals surface area contributed by atoms with E-state index in [2.05, 4.69) is 134 Å². The second-order valence-electron chi connectivity index (χ2n) is 18.2. The summed E-state index contributed by atoms with van der Waals surface area (Å²) in [6, 6.07) is 34.0. The van der Waals surface area contributed by atoms with Crippen molar-refractivity contribution in [2.75, 3.05) is 0 Å². The van der Waals surface area contributed by atoms with Gasteiger partial charge in [0.1, 0.15) is 0 Å². The van der Waals surface area contributed by atoms with E-state index < -0.39 is 17.4 Å². The molecule has 8 rings (SSSR count). The summed E-state index contributed by atoms with van der Waals surface area (Å²) < 4.78 is 6.69. The second kappa shape index (κ2) is 16.3. The normalized spacial score (nSPS) is 21.1. The average Bonchev–Trinajstić information content (AvgIpc) is 3.75. The van der Waals surface area contributed by atoms with Gasteiger partial charge in [0.15, 0.2) is 0 Å². The Morgan fingerprint density at radius 3 is 1.49 bits per heavy atom. The van der Waals surface area contributed by atoms with E-state index in [1.54, 1.807) is 33.4 Å². The monoisotopic (exact) mass is 838 g/mol. The van der Waals surface area contributed by atoms with Crippen LogP contribution in [0, 0.1) is 5.92 Å². The summed E-state index contributed by atoms with van der Waals surface area (Å²) in [7, 11) is 0. The Balaban J connectivity index is 0.00000240. The molecule has 4 aliphatic rings. The summed E-state index contributed by atoms with van der Waals surface area (Å²) in [6.45, 7) is 9.84. The summed E-state index contributed by atoms with van der Waals surface area (Å²) in [5, 5.41) is 0. The molecule has 0 N–H and O–H groups in total. The van der Waals surface area contributed by atoms with Crippen molar-refractivity contribution in [2.45, 2.75) is 120 Å². The van der Waals surface area contributed by atoms with E-state index in [1.165, 1.54) is 104 Å². The molecule has 0 aliphatic heterocycles. The topological polar surface area (TPSA) is 0 Å². The fourth-order valence-electron chi connectivity index (χ4n) is 11.4. The third-order valence-corrected chi connectivity index (χ3v) is 31.7. The Bertz CT molecular complexity index is 2050. The summed E-state index contributed by atoms with van der Waals surface area (Å²) in [5.74, 6) is 2.07. The maximum Gasteiger partial charge on any atom is -0.147 e. The minimum Gasteiger partial charge on any atom is -0.147 e. The van der Waals surface area contributed by atoms with Crippen LogP contribution in [0.3, 0.4) is 0 Å². The molecule has 3 unspecified atom stereocenters. The van der Waals surface area contributed by atoms with Crippen molar-refractivity contribution in [3.63, 3.8) is 0 Å². The van der Waals surface area contributed by atoms with Crippen molar-refractivity contribution >= 4 is 43.8 Å². The maximum absolute atomic E-state index is 3.70. The van der Waals surface area contributed by atoms with E-state index >= 15 is 0 Å². The Morgan fingerprint density at radius 1 is 0.604 bits per heavy atom. The van der Waals surface area contributed by atoms with Crippen LogP contribution in [0.25, 0.3) is 34.4 Å². The minimum atomic E-state index is -3.70. The minimum absolute atomic E-state index is 0. The largest absolute Gasteiger partial charge is 0.147 e. The van der Waals surface area contributed by atoms with Gasteiger partial charge in [-0.3, -0.25) is 0 Å². The van der Waals surface area contributed by atoms with Crippen molar-refractivity contribution in [3.8, 4) is 22.3 Å². The first-order chi connectivity index (χ1) is 24.6. The molecule has 0 saturated heterocycles. The molecular formula is C49H62Cl2SiZr. The molecule has 4 heteroatoms. The van der Waals surface area contributed by atoms with Crippen molar-refractivity contribution < 1.29 is 17.4 Å². The van der Waals surface area contributed by atoms with Crippen LogP contribution in [0.2, 0.25) is 9.26 Å². The number of hydrogen-bond acceptors (Lipinski definition) is 0. The first-order valence-electron chi connectivity index (χ1n) is 20.6. The molecule has 280 valence electrons. The van der Waals surface area contributed by atoms with Gasteiger partial charge in [-0.25, -0.2) is 0 Å². The van der Waals surface area contributed by atoms with Crippen LogP contribution in [0.4, 0.5) is 0 Å². The van der Waals surface area contributed by atoms with Crippen molar-refractivity contribution in [3.05, 3.63) is 129 Å². The quantitative estimate of drug-likeness (QED) is 0.155. The van der Waals surface area contributed by atoms with Crippen LogP contribution < -0.4 is 0 Å². The Kier molecular flexibility index (Phi) is 12.5. The molecule has 2 saturated carbocycles. The number of fused-ring (bicyclic) bond motifs is 2. The fraction of sp³-hybridized carbons (Fsp3) is 0.429. The third-order valence-electron chi connectivity index (χ3n) is 14.0. The number of hydrogen-bond donors (Lipinski definition) is 0. The van der Waals surface area contributed by atoms with Crippen LogP contribution in [-0.4, -0.2) is 6.88 Å². The van der Waals surface area contributed by atoms with Gasteiger partial charge in [0, 0.05) is 0 Å². The zero-order chi connectivity index (χ0) is 35.4. The predicted octanol–water partition coefficient (Wildman–Crippen LogP) is 14.9. The van der Waals surface area contributed by atoms with Crippen molar-refractivity contribution in [2.24, 2.45) is 5.92 Å². The van der Waals surface area contributed by atoms with Crippen molar-refractivity contribution in [1.29, 1.82) is 0 Å². The first-order valence-corrected chi connectivity index (χ1v) is 34.2. The van der Waals surface area contributed by atoms with Crippen LogP contribution in [0.5, 0.6) is 0 Å². The van der Waals surface area contributed by atoms with Gasteiger partial charge in [-0.1, -0.05) is 0 Å². The van der Waals surface area contributed by atoms with Crippen LogP contribution in [0.15, 0.2) is 96.1 Å². The fourth-order valence-corrected chi connectivity index (χ4v) is 31.8. The van der Waals surface area contributed by atoms with Crippen LogP contribution in [-0.2, 0) is 17.4 Å². The molecule has 2 fully saturated rings. The molecule has 0 nitrogen and oxygen atoms in total. The molecule has 0 aromatic heterocycles. The maximum atomic E-state index is 2.81. The predicted molar refractivity (Wildman–Crippen MR) is 237 cm³/mol. The summed E-state index contributed by atoms with van der Waals surface area (Å²) in [4.78, 5) is 0. The van der Waals surface area contributed by atoms with Gasteiger partial charge in [-0.15, -0.1) is 24.8 Å². The molecular weight excluding hydrogens is 779 g/mol. The number of benzene rings is 4. The van der Waals surface area contributed by atoms with E-state index in [-0.39, 0.29) is 24.8 Å². The van der Waals surface area contributed by atoms with Crippen molar-refractivity contribution in [1.82, 2.24) is 0 Å². The Morgan fingerprint density at radius 2 is 1.04 bits per heavy atom. The van der Waals surface area contributed by atoms with E-state index in [0.717, 1.165) is 11.8 Å². The zero-order valence-corrected chi connectivity index (χ0v) is 38.4. The number of halogens is 2. The summed E-state index contributed by atoms with van der Waals surface area (Å²) in [5.41, 5.74) is 18.2. The summed E-state index contributed by atoms with van der Waals surface area (Å²) >= 11 is -3.70. The second-order valence-corrected chi connectivity index (χ2v) is 48.6. The molecule has 0 heterocycles. The molecule has 0 bridgehead atoms. The molecule has 0 amide bonds. The van der Waals surface area contributed by atoms with E-state index in [4.69, 9.17) is 0 Å². The molecule has 53 heavy (non-hydrogen) atoms. The van der Waals surface area contributed by atoms with Gasteiger partial charge in [-0.05, 0) is 0 Å². The smallest absolute Gasteiger partial charge is 0.147 e. The molecule has 4 aromatic carbocycles. The van der Waals surface area contributed by atoms with Crippen LogP contribution >= 0.6 is 24.8 Å². The SMILES string of the molecule is CCC(C)C1=Cc2c(-c3ccc(C4CCCCC4)cc3)cccc2[CH]1[Zr]([CH3])([CH3])(=[SiH2])[CH]1C(C)=Cc2c(-c3ccc(C4CCCCC4)cc3)cccc21.Cl.Cl. The Labute approximate surface area is 336 Å². The Hall–Kier alpha value is -1.96. The van der Waals surface area contributed by atoms with E-state index in [9.17, 15) is 0 Å². The van der Waals surface area contributed by atoms with E-state index in [1.807, 2.05) is 0 Å². The van der Waals surface area contributed by atoms with Gasteiger partial charge >= 0.3 is 314 Å². The molecule has 4 aliphatic carbocycles. The molecule has 4 aromatic rings. The standard InChI is InChI=1S/C25H29.C22H23.2CH3.2ClH.H2Si.Zr/c1-3-18(2)23-16-22-10-7-11-24(25(22)17-23)21-14-12-20(13-15-21)19-8-5-4-6-9-19;1-16-14-20-8-5-9-21(22(20)15-16)19-12-10-18(11-13-19)17-6-3-2-4-7-17;;;;;;/h7,10-19H,3-6,8-9H2,1-2H3;5,8-15,17H,2-4,6-7H2,1H3;2*1H3;2*1H;1H2;. The van der Waals surface area contributed by atoms with Gasteiger partial charge in [-0.2, -0.15) is 0 Å². The van der Waals surface area contributed by atoms with Gasteiger partial charge in [0.2, 0.25) is 0 Å². The van der Waals surface area contributed by atoms with E-state index in [0.29, 0.717) is 13.2 Å². The number of rotatable bonds is 8. The molecule has 0 spiro atoms. The third kappa shape index (κ3) is 7.51. The molecule has 0 radical (unpaired) electrons.